The van der Waals surface area contributed by atoms with E-state index in [2.05, 4.69) is 5.32 Å². The van der Waals surface area contributed by atoms with Crippen LogP contribution in [0.3, 0.4) is 0 Å². The smallest absolute Gasteiger partial charge is 0.338 e. The van der Waals surface area contributed by atoms with Crippen LogP contribution in [-0.4, -0.2) is 48.1 Å². The first-order valence-corrected chi connectivity index (χ1v) is 8.05. The van der Waals surface area contributed by atoms with Crippen LogP contribution in [-0.2, 0) is 14.3 Å². The maximum atomic E-state index is 12.0. The molecule has 1 aliphatic heterocycles. The van der Waals surface area contributed by atoms with Crippen molar-refractivity contribution in [2.24, 2.45) is 0 Å². The van der Waals surface area contributed by atoms with Crippen LogP contribution in [0.15, 0.2) is 23.1 Å². The van der Waals surface area contributed by atoms with Gasteiger partial charge in [0.2, 0.25) is 5.91 Å². The van der Waals surface area contributed by atoms with Crippen LogP contribution in [0.4, 0.5) is 5.69 Å². The van der Waals surface area contributed by atoms with E-state index in [0.29, 0.717) is 30.1 Å². The fraction of sp³-hybridized carbons (Fsp3) is 0.400. The molecule has 0 radical (unpaired) electrons. The summed E-state index contributed by atoms with van der Waals surface area (Å²) in [4.78, 5) is 37.7. The van der Waals surface area contributed by atoms with E-state index in [4.69, 9.17) is 4.74 Å². The lowest BCUT2D eigenvalue weighted by Crippen LogP contribution is -2.34. The number of rotatable bonds is 5. The van der Waals surface area contributed by atoms with Gasteiger partial charge in [-0.3, -0.25) is 9.59 Å². The Kier molecular flexibility index (Phi) is 5.43. The summed E-state index contributed by atoms with van der Waals surface area (Å²) in [6.07, 6.45) is 0. The molecule has 1 N–H and O–H groups in total. The molecule has 0 spiro atoms. The number of ether oxygens (including phenoxy) is 1. The number of fused-ring (bicyclic) bond motifs is 1. The second-order valence-corrected chi connectivity index (χ2v) is 5.71. The highest BCUT2D eigenvalue weighted by molar-refractivity contribution is 8.00. The Hall–Kier alpha value is -2.02. The van der Waals surface area contributed by atoms with Gasteiger partial charge in [0, 0.05) is 18.0 Å². The molecule has 22 heavy (non-hydrogen) atoms. The zero-order valence-corrected chi connectivity index (χ0v) is 13.4. The molecule has 7 heteroatoms. The summed E-state index contributed by atoms with van der Waals surface area (Å²) >= 11 is 1.42. The largest absolute Gasteiger partial charge is 0.452 e. The Morgan fingerprint density at radius 2 is 2.05 bits per heavy atom. The molecule has 1 aromatic rings. The summed E-state index contributed by atoms with van der Waals surface area (Å²) in [5, 5.41) is 2.71. The summed E-state index contributed by atoms with van der Waals surface area (Å²) in [6, 6.07) is 4.97. The number of carbonyl (C=O) groups excluding carboxylic acids is 3. The molecule has 1 aromatic carbocycles. The van der Waals surface area contributed by atoms with Crippen LogP contribution < -0.4 is 5.32 Å². The minimum absolute atomic E-state index is 0.0975. The molecule has 1 heterocycles. The molecule has 6 nitrogen and oxygen atoms in total. The van der Waals surface area contributed by atoms with Crippen molar-refractivity contribution in [1.82, 2.24) is 4.90 Å². The average molecular weight is 322 g/mol. The van der Waals surface area contributed by atoms with Gasteiger partial charge in [-0.25, -0.2) is 4.79 Å². The molecule has 1 aliphatic rings. The molecular formula is C15H18N2O4S. The zero-order chi connectivity index (χ0) is 16.1. The highest BCUT2D eigenvalue weighted by Gasteiger charge is 2.19. The molecule has 0 saturated carbocycles. The van der Waals surface area contributed by atoms with Crippen LogP contribution in [0.2, 0.25) is 0 Å². The van der Waals surface area contributed by atoms with E-state index in [9.17, 15) is 14.4 Å². The second-order valence-electron chi connectivity index (χ2n) is 4.69. The Labute approximate surface area is 133 Å². The monoisotopic (exact) mass is 322 g/mol. The van der Waals surface area contributed by atoms with Gasteiger partial charge < -0.3 is 15.0 Å². The summed E-state index contributed by atoms with van der Waals surface area (Å²) in [7, 11) is 0. The predicted octanol–water partition coefficient (Wildman–Crippen LogP) is 1.76. The molecule has 0 bridgehead atoms. The average Bonchev–Trinajstić information content (AvgIpc) is 2.53. The number of hydrogen-bond donors (Lipinski definition) is 1. The van der Waals surface area contributed by atoms with Crippen molar-refractivity contribution in [1.29, 1.82) is 0 Å². The second kappa shape index (κ2) is 7.31. The molecule has 0 aromatic heterocycles. The number of amides is 2. The summed E-state index contributed by atoms with van der Waals surface area (Å²) in [5.41, 5.74) is 0.916. The Morgan fingerprint density at radius 1 is 1.32 bits per heavy atom. The fourth-order valence-electron chi connectivity index (χ4n) is 2.09. The van der Waals surface area contributed by atoms with Crippen molar-refractivity contribution >= 4 is 35.2 Å². The number of nitrogens with one attached hydrogen (secondary N) is 1. The first kappa shape index (κ1) is 16.4. The van der Waals surface area contributed by atoms with Gasteiger partial charge in [-0.1, -0.05) is 0 Å². The van der Waals surface area contributed by atoms with Crippen LogP contribution in [0.1, 0.15) is 24.2 Å². The first-order valence-electron chi connectivity index (χ1n) is 7.06. The lowest BCUT2D eigenvalue weighted by atomic mass is 10.2. The molecule has 0 unspecified atom stereocenters. The maximum absolute atomic E-state index is 12.0. The zero-order valence-electron chi connectivity index (χ0n) is 12.5. The molecule has 2 amide bonds. The molecule has 118 valence electrons. The highest BCUT2D eigenvalue weighted by atomic mass is 32.2. The third-order valence-electron chi connectivity index (χ3n) is 3.29. The van der Waals surface area contributed by atoms with Gasteiger partial charge in [-0.2, -0.15) is 0 Å². The molecule has 0 fully saturated rings. The number of likely N-dealkylation sites (N-methyl/N-ethyl adjacent to an activating group) is 1. The topological polar surface area (TPSA) is 75.7 Å². The Morgan fingerprint density at radius 3 is 2.73 bits per heavy atom. The lowest BCUT2D eigenvalue weighted by molar-refractivity contribution is -0.134. The minimum atomic E-state index is -0.576. The molecule has 0 saturated heterocycles. The van der Waals surface area contributed by atoms with E-state index in [-0.39, 0.29) is 18.4 Å². The van der Waals surface area contributed by atoms with Crippen molar-refractivity contribution in [3.05, 3.63) is 23.8 Å². The first-order chi connectivity index (χ1) is 10.5. The SMILES string of the molecule is CCN(CC)C(=O)COC(=O)c1ccc2c(c1)NC(=O)CS2. The van der Waals surface area contributed by atoms with Gasteiger partial charge in [0.1, 0.15) is 0 Å². The standard InChI is InChI=1S/C15H18N2O4S/c1-3-17(4-2)14(19)8-21-15(20)10-5-6-12-11(7-10)16-13(18)9-22-12/h5-7H,3-4,8-9H2,1-2H3,(H,16,18). The van der Waals surface area contributed by atoms with Crippen LogP contribution in [0, 0.1) is 0 Å². The molecule has 2 rings (SSSR count). The van der Waals surface area contributed by atoms with Crippen LogP contribution in [0.5, 0.6) is 0 Å². The van der Waals surface area contributed by atoms with Gasteiger partial charge in [-0.15, -0.1) is 11.8 Å². The number of thioether (sulfide) groups is 1. The van der Waals surface area contributed by atoms with E-state index >= 15 is 0 Å². The van der Waals surface area contributed by atoms with Crippen LogP contribution >= 0.6 is 11.8 Å². The third kappa shape index (κ3) is 3.79. The van der Waals surface area contributed by atoms with Gasteiger partial charge in [0.15, 0.2) is 6.61 Å². The van der Waals surface area contributed by atoms with Crippen molar-refractivity contribution in [2.75, 3.05) is 30.8 Å². The number of benzene rings is 1. The van der Waals surface area contributed by atoms with Crippen molar-refractivity contribution in [3.8, 4) is 0 Å². The summed E-state index contributed by atoms with van der Waals surface area (Å²) in [6.45, 7) is 4.61. The molecule has 0 aliphatic carbocycles. The Bertz CT molecular complexity index is 599. The number of esters is 1. The Balaban J connectivity index is 2.00. The fourth-order valence-corrected chi connectivity index (χ4v) is 2.88. The van der Waals surface area contributed by atoms with Crippen molar-refractivity contribution < 1.29 is 19.1 Å². The van der Waals surface area contributed by atoms with Gasteiger partial charge in [0.05, 0.1) is 17.0 Å². The summed E-state index contributed by atoms with van der Waals surface area (Å²) < 4.78 is 5.04. The van der Waals surface area contributed by atoms with E-state index in [1.807, 2.05) is 13.8 Å². The maximum Gasteiger partial charge on any atom is 0.338 e. The predicted molar refractivity (Wildman–Crippen MR) is 84.0 cm³/mol. The van der Waals surface area contributed by atoms with Gasteiger partial charge in [-0.05, 0) is 32.0 Å². The van der Waals surface area contributed by atoms with E-state index in [1.165, 1.54) is 11.8 Å². The number of nitrogens with zero attached hydrogens (tertiary/aromatic N) is 1. The number of anilines is 1. The molecular weight excluding hydrogens is 304 g/mol. The number of carbonyl (C=O) groups is 3. The lowest BCUT2D eigenvalue weighted by Gasteiger charge is -2.19. The quantitative estimate of drug-likeness (QED) is 0.836. The van der Waals surface area contributed by atoms with E-state index < -0.39 is 5.97 Å². The van der Waals surface area contributed by atoms with Gasteiger partial charge >= 0.3 is 5.97 Å². The van der Waals surface area contributed by atoms with Crippen molar-refractivity contribution in [3.63, 3.8) is 0 Å². The van der Waals surface area contributed by atoms with E-state index in [1.54, 1.807) is 23.1 Å². The summed E-state index contributed by atoms with van der Waals surface area (Å²) in [5.74, 6) is -0.525. The third-order valence-corrected chi connectivity index (χ3v) is 4.36. The highest BCUT2D eigenvalue weighted by Crippen LogP contribution is 2.32. The van der Waals surface area contributed by atoms with Crippen LogP contribution in [0.25, 0.3) is 0 Å². The number of hydrogen-bond acceptors (Lipinski definition) is 5. The van der Waals surface area contributed by atoms with E-state index in [0.717, 1.165) is 4.90 Å². The molecule has 0 atom stereocenters. The minimum Gasteiger partial charge on any atom is -0.452 e. The van der Waals surface area contributed by atoms with Gasteiger partial charge in [0.25, 0.3) is 5.91 Å². The normalized spacial score (nSPS) is 13.1. The van der Waals surface area contributed by atoms with Crippen molar-refractivity contribution in [2.45, 2.75) is 18.7 Å².